The summed E-state index contributed by atoms with van der Waals surface area (Å²) in [6.07, 6.45) is 0. The maximum atomic E-state index is 5.36. The number of benzene rings is 1. The van der Waals surface area contributed by atoms with E-state index in [1.165, 1.54) is 0 Å². The Labute approximate surface area is 109 Å². The zero-order valence-electron chi connectivity index (χ0n) is 11.7. The highest BCUT2D eigenvalue weighted by Gasteiger charge is 2.08. The second-order valence-corrected chi connectivity index (χ2v) is 4.13. The van der Waals surface area contributed by atoms with Crippen molar-refractivity contribution in [3.8, 4) is 5.75 Å². The smallest absolute Gasteiger partial charge is 0.123 e. The monoisotopic (exact) mass is 253 g/mol. The lowest BCUT2D eigenvalue weighted by Gasteiger charge is -2.25. The van der Waals surface area contributed by atoms with E-state index in [1.54, 1.807) is 21.3 Å². The second kappa shape index (κ2) is 7.95. The fourth-order valence-electron chi connectivity index (χ4n) is 1.78. The van der Waals surface area contributed by atoms with Gasteiger partial charge in [0, 0.05) is 39.1 Å². The Kier molecular flexibility index (Phi) is 6.54. The van der Waals surface area contributed by atoms with Gasteiger partial charge in [-0.1, -0.05) is 6.07 Å². The second-order valence-electron chi connectivity index (χ2n) is 4.13. The minimum absolute atomic E-state index is 0.694. The molecule has 4 nitrogen and oxygen atoms in total. The minimum Gasteiger partial charge on any atom is -0.496 e. The van der Waals surface area contributed by atoms with Crippen LogP contribution in [0.4, 0.5) is 5.69 Å². The van der Waals surface area contributed by atoms with Gasteiger partial charge in [-0.25, -0.2) is 0 Å². The molecule has 0 fully saturated rings. The predicted molar refractivity (Wildman–Crippen MR) is 73.7 cm³/mol. The normalized spacial score (nSPS) is 10.4. The molecular formula is C14H23NO3. The molecule has 0 unspecified atom stereocenters. The third kappa shape index (κ3) is 4.20. The summed E-state index contributed by atoms with van der Waals surface area (Å²) in [7, 11) is 5.12. The summed E-state index contributed by atoms with van der Waals surface area (Å²) < 4.78 is 15.6. The van der Waals surface area contributed by atoms with Gasteiger partial charge >= 0.3 is 0 Å². The lowest BCUT2D eigenvalue weighted by Crippen LogP contribution is -2.30. The molecular weight excluding hydrogens is 230 g/mol. The van der Waals surface area contributed by atoms with Crippen LogP contribution < -0.4 is 9.64 Å². The average molecular weight is 253 g/mol. The van der Waals surface area contributed by atoms with Crippen LogP contribution in [0.5, 0.6) is 5.75 Å². The van der Waals surface area contributed by atoms with Gasteiger partial charge in [0.05, 0.1) is 20.3 Å². The van der Waals surface area contributed by atoms with E-state index in [0.717, 1.165) is 30.1 Å². The first-order valence-electron chi connectivity index (χ1n) is 6.10. The van der Waals surface area contributed by atoms with Crippen molar-refractivity contribution < 1.29 is 14.2 Å². The topological polar surface area (TPSA) is 30.9 Å². The Balaban J connectivity index is 2.82. The van der Waals surface area contributed by atoms with Gasteiger partial charge in [-0.15, -0.1) is 0 Å². The van der Waals surface area contributed by atoms with Crippen molar-refractivity contribution in [2.45, 2.75) is 6.92 Å². The molecule has 1 rings (SSSR count). The summed E-state index contributed by atoms with van der Waals surface area (Å²) in [5.74, 6) is 0.910. The molecule has 0 N–H and O–H groups in total. The van der Waals surface area contributed by atoms with E-state index in [4.69, 9.17) is 14.2 Å². The SMILES string of the molecule is COCCN(CCOC)c1ccc(C)c(OC)c1. The van der Waals surface area contributed by atoms with E-state index < -0.39 is 0 Å². The van der Waals surface area contributed by atoms with Crippen LogP contribution >= 0.6 is 0 Å². The van der Waals surface area contributed by atoms with Crippen molar-refractivity contribution in [1.29, 1.82) is 0 Å². The van der Waals surface area contributed by atoms with Gasteiger partial charge in [0.25, 0.3) is 0 Å². The minimum atomic E-state index is 0.694. The molecule has 0 aliphatic carbocycles. The zero-order chi connectivity index (χ0) is 13.4. The molecule has 1 aromatic rings. The van der Waals surface area contributed by atoms with E-state index in [-0.39, 0.29) is 0 Å². The van der Waals surface area contributed by atoms with E-state index in [2.05, 4.69) is 23.1 Å². The number of rotatable bonds is 8. The molecule has 0 radical (unpaired) electrons. The van der Waals surface area contributed by atoms with Gasteiger partial charge in [0.15, 0.2) is 0 Å². The van der Waals surface area contributed by atoms with Gasteiger partial charge in [-0.05, 0) is 18.6 Å². The van der Waals surface area contributed by atoms with Crippen molar-refractivity contribution in [3.63, 3.8) is 0 Å². The maximum Gasteiger partial charge on any atom is 0.123 e. The highest BCUT2D eigenvalue weighted by molar-refractivity contribution is 5.53. The Morgan fingerprint density at radius 2 is 1.61 bits per heavy atom. The van der Waals surface area contributed by atoms with Crippen LogP contribution in [0.1, 0.15) is 5.56 Å². The molecule has 0 saturated heterocycles. The fraction of sp³-hybridized carbons (Fsp3) is 0.571. The van der Waals surface area contributed by atoms with Crippen molar-refractivity contribution in [3.05, 3.63) is 23.8 Å². The Morgan fingerprint density at radius 3 is 2.11 bits per heavy atom. The zero-order valence-corrected chi connectivity index (χ0v) is 11.7. The Hall–Kier alpha value is -1.26. The molecule has 0 spiro atoms. The summed E-state index contributed by atoms with van der Waals surface area (Å²) >= 11 is 0. The van der Waals surface area contributed by atoms with Gasteiger partial charge in [-0.2, -0.15) is 0 Å². The van der Waals surface area contributed by atoms with Gasteiger partial charge in [0.2, 0.25) is 0 Å². The fourth-order valence-corrected chi connectivity index (χ4v) is 1.78. The third-order valence-corrected chi connectivity index (χ3v) is 2.89. The first-order valence-corrected chi connectivity index (χ1v) is 6.10. The first kappa shape index (κ1) is 14.8. The van der Waals surface area contributed by atoms with Crippen molar-refractivity contribution in [2.24, 2.45) is 0 Å². The number of anilines is 1. The van der Waals surface area contributed by atoms with E-state index in [9.17, 15) is 0 Å². The van der Waals surface area contributed by atoms with Crippen molar-refractivity contribution in [1.82, 2.24) is 0 Å². The third-order valence-electron chi connectivity index (χ3n) is 2.89. The molecule has 0 heterocycles. The summed E-state index contributed by atoms with van der Waals surface area (Å²) in [5, 5.41) is 0. The molecule has 0 saturated carbocycles. The van der Waals surface area contributed by atoms with E-state index in [0.29, 0.717) is 13.2 Å². The maximum absolute atomic E-state index is 5.36. The number of aryl methyl sites for hydroxylation is 1. The summed E-state index contributed by atoms with van der Waals surface area (Å²) in [4.78, 5) is 2.23. The highest BCUT2D eigenvalue weighted by Crippen LogP contribution is 2.24. The molecule has 0 amide bonds. The Morgan fingerprint density at radius 1 is 1.00 bits per heavy atom. The predicted octanol–water partition coefficient (Wildman–Crippen LogP) is 2.10. The van der Waals surface area contributed by atoms with Crippen molar-refractivity contribution >= 4 is 5.69 Å². The van der Waals surface area contributed by atoms with Crippen LogP contribution in [0.25, 0.3) is 0 Å². The molecule has 18 heavy (non-hydrogen) atoms. The molecule has 0 aromatic heterocycles. The van der Waals surface area contributed by atoms with E-state index in [1.807, 2.05) is 6.92 Å². The van der Waals surface area contributed by atoms with E-state index >= 15 is 0 Å². The standard InChI is InChI=1S/C14H23NO3/c1-12-5-6-13(11-14(12)18-4)15(7-9-16-2)8-10-17-3/h5-6,11H,7-10H2,1-4H3. The lowest BCUT2D eigenvalue weighted by molar-refractivity contribution is 0.190. The molecule has 0 aliphatic rings. The largest absolute Gasteiger partial charge is 0.496 e. The molecule has 0 aliphatic heterocycles. The Bertz CT molecular complexity index is 347. The van der Waals surface area contributed by atoms with Crippen LogP contribution in [-0.2, 0) is 9.47 Å². The molecule has 0 bridgehead atoms. The van der Waals surface area contributed by atoms with Crippen LogP contribution in [0, 0.1) is 6.92 Å². The lowest BCUT2D eigenvalue weighted by atomic mass is 10.2. The highest BCUT2D eigenvalue weighted by atomic mass is 16.5. The number of nitrogens with zero attached hydrogens (tertiary/aromatic N) is 1. The molecule has 0 atom stereocenters. The molecule has 102 valence electrons. The average Bonchev–Trinajstić information content (AvgIpc) is 2.40. The van der Waals surface area contributed by atoms with Crippen LogP contribution in [0.2, 0.25) is 0 Å². The van der Waals surface area contributed by atoms with Crippen molar-refractivity contribution in [2.75, 3.05) is 52.5 Å². The van der Waals surface area contributed by atoms with Crippen LogP contribution in [0.3, 0.4) is 0 Å². The van der Waals surface area contributed by atoms with Gasteiger partial charge in [-0.3, -0.25) is 0 Å². The number of ether oxygens (including phenoxy) is 3. The molecule has 1 aromatic carbocycles. The first-order chi connectivity index (χ1) is 8.72. The summed E-state index contributed by atoms with van der Waals surface area (Å²) in [6.45, 7) is 5.11. The summed E-state index contributed by atoms with van der Waals surface area (Å²) in [6, 6.07) is 6.23. The number of methoxy groups -OCH3 is 3. The summed E-state index contributed by atoms with van der Waals surface area (Å²) in [5.41, 5.74) is 2.27. The number of hydrogen-bond donors (Lipinski definition) is 0. The van der Waals surface area contributed by atoms with Gasteiger partial charge < -0.3 is 19.1 Å². The molecule has 4 heteroatoms. The van der Waals surface area contributed by atoms with Gasteiger partial charge in [0.1, 0.15) is 5.75 Å². The quantitative estimate of drug-likeness (QED) is 0.710. The number of hydrogen-bond acceptors (Lipinski definition) is 4. The van der Waals surface area contributed by atoms with Crippen LogP contribution in [-0.4, -0.2) is 47.6 Å². The van der Waals surface area contributed by atoms with Crippen LogP contribution in [0.15, 0.2) is 18.2 Å².